The summed E-state index contributed by atoms with van der Waals surface area (Å²) in [6, 6.07) is 14.8. The summed E-state index contributed by atoms with van der Waals surface area (Å²) in [5.41, 5.74) is 8.40. The van der Waals surface area contributed by atoms with Crippen LogP contribution < -0.4 is 5.32 Å². The summed E-state index contributed by atoms with van der Waals surface area (Å²) in [6.07, 6.45) is 0. The first kappa shape index (κ1) is 15.3. The summed E-state index contributed by atoms with van der Waals surface area (Å²) in [6.45, 7) is 9.23. The van der Waals surface area contributed by atoms with Crippen molar-refractivity contribution >= 4 is 5.69 Å². The summed E-state index contributed by atoms with van der Waals surface area (Å²) in [5, 5.41) is 3.53. The maximum absolute atomic E-state index is 4.58. The molecule has 2 N–H and O–H groups in total. The zero-order chi connectivity index (χ0) is 16.4. The summed E-state index contributed by atoms with van der Waals surface area (Å²) < 4.78 is 0. The quantitative estimate of drug-likeness (QED) is 0.718. The Bertz CT molecular complexity index is 791. The third-order valence-electron chi connectivity index (χ3n) is 4.38. The number of nitrogens with one attached hydrogen (secondary N) is 2. The number of hydrogen-bond acceptors (Lipinski definition) is 2. The maximum atomic E-state index is 4.58. The molecule has 3 aromatic rings. The van der Waals surface area contributed by atoms with Crippen LogP contribution in [-0.4, -0.2) is 9.97 Å². The van der Waals surface area contributed by atoms with Gasteiger partial charge < -0.3 is 10.3 Å². The molecule has 0 radical (unpaired) electrons. The highest BCUT2D eigenvalue weighted by Gasteiger charge is 2.06. The Morgan fingerprint density at radius 1 is 0.957 bits per heavy atom. The molecular formula is C20H23N3. The van der Waals surface area contributed by atoms with E-state index in [0.29, 0.717) is 0 Å². The minimum Gasteiger partial charge on any atom is -0.381 e. The third kappa shape index (κ3) is 3.29. The van der Waals surface area contributed by atoms with E-state index in [0.717, 1.165) is 35.0 Å². The van der Waals surface area contributed by atoms with Crippen molar-refractivity contribution in [3.8, 4) is 11.4 Å². The first-order valence-corrected chi connectivity index (χ1v) is 7.97. The minimum atomic E-state index is 0.832. The molecule has 0 unspecified atom stereocenters. The van der Waals surface area contributed by atoms with Gasteiger partial charge in [-0.05, 0) is 56.5 Å². The molecule has 0 aliphatic heterocycles. The molecule has 23 heavy (non-hydrogen) atoms. The van der Waals surface area contributed by atoms with Crippen LogP contribution in [0, 0.1) is 27.7 Å². The lowest BCUT2D eigenvalue weighted by Crippen LogP contribution is -2.03. The first-order valence-electron chi connectivity index (χ1n) is 7.97. The molecule has 118 valence electrons. The second kappa shape index (κ2) is 6.29. The van der Waals surface area contributed by atoms with Gasteiger partial charge in [-0.1, -0.05) is 30.3 Å². The number of nitrogens with zero attached hydrogens (tertiary/aromatic N) is 1. The van der Waals surface area contributed by atoms with Crippen LogP contribution in [0.5, 0.6) is 0 Å². The van der Waals surface area contributed by atoms with Crippen LogP contribution in [0.1, 0.15) is 28.1 Å². The van der Waals surface area contributed by atoms with Gasteiger partial charge >= 0.3 is 0 Å². The van der Waals surface area contributed by atoms with Gasteiger partial charge in [0, 0.05) is 23.5 Å². The molecule has 0 aliphatic carbocycles. The van der Waals surface area contributed by atoms with Gasteiger partial charge in [0.1, 0.15) is 5.82 Å². The Morgan fingerprint density at radius 3 is 2.30 bits per heavy atom. The third-order valence-corrected chi connectivity index (χ3v) is 4.38. The summed E-state index contributed by atoms with van der Waals surface area (Å²) in [4.78, 5) is 7.93. The Labute approximate surface area is 137 Å². The van der Waals surface area contributed by atoms with E-state index in [4.69, 9.17) is 0 Å². The van der Waals surface area contributed by atoms with Crippen LogP contribution in [0.15, 0.2) is 42.5 Å². The lowest BCUT2D eigenvalue weighted by atomic mass is 10.0. The van der Waals surface area contributed by atoms with Crippen molar-refractivity contribution in [1.82, 2.24) is 9.97 Å². The average Bonchev–Trinajstić information content (AvgIpc) is 2.87. The molecule has 3 nitrogen and oxygen atoms in total. The number of benzene rings is 2. The van der Waals surface area contributed by atoms with Crippen LogP contribution in [0.2, 0.25) is 0 Å². The number of imidazole rings is 1. The van der Waals surface area contributed by atoms with Crippen LogP contribution in [0.3, 0.4) is 0 Å². The van der Waals surface area contributed by atoms with Gasteiger partial charge in [0.05, 0.1) is 5.69 Å². The second-order valence-electron chi connectivity index (χ2n) is 6.10. The molecule has 0 aliphatic rings. The molecule has 3 heteroatoms. The molecule has 1 aromatic heterocycles. The van der Waals surface area contributed by atoms with Crippen molar-refractivity contribution in [2.45, 2.75) is 34.2 Å². The molecular weight excluding hydrogens is 282 g/mol. The van der Waals surface area contributed by atoms with E-state index in [-0.39, 0.29) is 0 Å². The first-order chi connectivity index (χ1) is 11.0. The van der Waals surface area contributed by atoms with Crippen molar-refractivity contribution in [3.63, 3.8) is 0 Å². The van der Waals surface area contributed by atoms with Crippen molar-refractivity contribution in [2.24, 2.45) is 0 Å². The molecule has 0 saturated heterocycles. The molecule has 2 aromatic carbocycles. The van der Waals surface area contributed by atoms with Crippen LogP contribution in [0.25, 0.3) is 11.4 Å². The average molecular weight is 305 g/mol. The largest absolute Gasteiger partial charge is 0.381 e. The van der Waals surface area contributed by atoms with Crippen LogP contribution in [-0.2, 0) is 6.54 Å². The van der Waals surface area contributed by atoms with Crippen molar-refractivity contribution in [2.75, 3.05) is 5.32 Å². The molecule has 0 bridgehead atoms. The molecule has 0 atom stereocenters. The monoisotopic (exact) mass is 305 g/mol. The Kier molecular flexibility index (Phi) is 4.20. The van der Waals surface area contributed by atoms with Crippen molar-refractivity contribution in [1.29, 1.82) is 0 Å². The van der Waals surface area contributed by atoms with E-state index >= 15 is 0 Å². The highest BCUT2D eigenvalue weighted by molar-refractivity contribution is 5.63. The van der Waals surface area contributed by atoms with E-state index < -0.39 is 0 Å². The van der Waals surface area contributed by atoms with Gasteiger partial charge in [-0.25, -0.2) is 4.98 Å². The summed E-state index contributed by atoms with van der Waals surface area (Å²) in [5.74, 6) is 0.927. The molecule has 0 spiro atoms. The molecule has 3 rings (SSSR count). The number of aryl methyl sites for hydroxylation is 4. The summed E-state index contributed by atoms with van der Waals surface area (Å²) in [7, 11) is 0. The van der Waals surface area contributed by atoms with Gasteiger partial charge in [0.15, 0.2) is 0 Å². The lowest BCUT2D eigenvalue weighted by Gasteiger charge is -2.12. The fourth-order valence-corrected chi connectivity index (χ4v) is 2.78. The van der Waals surface area contributed by atoms with Crippen LogP contribution >= 0.6 is 0 Å². The summed E-state index contributed by atoms with van der Waals surface area (Å²) >= 11 is 0. The highest BCUT2D eigenvalue weighted by Crippen LogP contribution is 2.22. The highest BCUT2D eigenvalue weighted by atomic mass is 14.9. The van der Waals surface area contributed by atoms with E-state index in [1.165, 1.54) is 16.7 Å². The number of aromatic amines is 1. The SMILES string of the molecule is Cc1cccc(C)c1CNc1cccc(-c2nc(C)c(C)[nH]2)c1. The molecule has 0 saturated carbocycles. The molecule has 0 fully saturated rings. The predicted molar refractivity (Wildman–Crippen MR) is 96.7 cm³/mol. The number of H-pyrrole nitrogens is 1. The standard InChI is InChI=1S/C20H23N3/c1-13-7-5-8-14(2)19(13)12-21-18-10-6-9-17(11-18)20-22-15(3)16(4)23-20/h5-11,21H,12H2,1-4H3,(H,22,23). The van der Waals surface area contributed by atoms with Gasteiger partial charge in [-0.15, -0.1) is 0 Å². The Hall–Kier alpha value is -2.55. The topological polar surface area (TPSA) is 40.7 Å². The van der Waals surface area contributed by atoms with E-state index in [1.54, 1.807) is 0 Å². The number of hydrogen-bond donors (Lipinski definition) is 2. The maximum Gasteiger partial charge on any atom is 0.137 e. The number of aromatic nitrogens is 2. The van der Waals surface area contributed by atoms with Gasteiger partial charge in [-0.3, -0.25) is 0 Å². The van der Waals surface area contributed by atoms with Crippen molar-refractivity contribution < 1.29 is 0 Å². The fourth-order valence-electron chi connectivity index (χ4n) is 2.78. The fraction of sp³-hybridized carbons (Fsp3) is 0.250. The van der Waals surface area contributed by atoms with E-state index in [1.807, 2.05) is 6.92 Å². The zero-order valence-electron chi connectivity index (χ0n) is 14.2. The Morgan fingerprint density at radius 2 is 1.65 bits per heavy atom. The van der Waals surface area contributed by atoms with Crippen molar-refractivity contribution in [3.05, 3.63) is 70.5 Å². The van der Waals surface area contributed by atoms with E-state index in [9.17, 15) is 0 Å². The number of rotatable bonds is 4. The van der Waals surface area contributed by atoms with Gasteiger partial charge in [0.25, 0.3) is 0 Å². The Balaban J connectivity index is 1.80. The van der Waals surface area contributed by atoms with Crippen LogP contribution in [0.4, 0.5) is 5.69 Å². The molecule has 1 heterocycles. The van der Waals surface area contributed by atoms with Gasteiger partial charge in [-0.2, -0.15) is 0 Å². The minimum absolute atomic E-state index is 0.832. The normalized spacial score (nSPS) is 10.8. The van der Waals surface area contributed by atoms with E-state index in [2.05, 4.69) is 78.5 Å². The second-order valence-corrected chi connectivity index (χ2v) is 6.10. The van der Waals surface area contributed by atoms with Gasteiger partial charge in [0.2, 0.25) is 0 Å². The zero-order valence-corrected chi connectivity index (χ0v) is 14.2. The number of anilines is 1. The molecule has 0 amide bonds. The lowest BCUT2D eigenvalue weighted by molar-refractivity contribution is 1.09. The predicted octanol–water partition coefficient (Wildman–Crippen LogP) is 4.92. The smallest absolute Gasteiger partial charge is 0.137 e.